The third kappa shape index (κ3) is 4.13. The van der Waals surface area contributed by atoms with Gasteiger partial charge >= 0.3 is 17.9 Å². The van der Waals surface area contributed by atoms with Gasteiger partial charge < -0.3 is 29.0 Å². The molecule has 0 aromatic heterocycles. The summed E-state index contributed by atoms with van der Waals surface area (Å²) < 4.78 is 25.7. The topological polar surface area (TPSA) is 109 Å². The van der Waals surface area contributed by atoms with Gasteiger partial charge in [0.1, 0.15) is 5.70 Å². The lowest BCUT2D eigenvalue weighted by Gasteiger charge is -2.24. The van der Waals surface area contributed by atoms with Crippen LogP contribution in [0.2, 0.25) is 0 Å². The summed E-state index contributed by atoms with van der Waals surface area (Å²) in [5.41, 5.74) is 0.0861. The van der Waals surface area contributed by atoms with Crippen LogP contribution in [0.4, 0.5) is 5.69 Å². The number of esters is 3. The smallest absolute Gasteiger partial charge is 0.354 e. The number of anilines is 1. The highest BCUT2D eigenvalue weighted by Gasteiger charge is 2.26. The molecule has 0 aliphatic carbocycles. The van der Waals surface area contributed by atoms with Crippen LogP contribution in [-0.4, -0.2) is 39.2 Å². The Hall–Kier alpha value is -4.01. The maximum atomic E-state index is 12.1. The summed E-state index contributed by atoms with van der Waals surface area (Å²) in [6.45, 7) is 0. The fourth-order valence-electron chi connectivity index (χ4n) is 2.54. The fourth-order valence-corrected chi connectivity index (χ4v) is 2.54. The van der Waals surface area contributed by atoms with Crippen LogP contribution >= 0.6 is 0 Å². The van der Waals surface area contributed by atoms with Crippen molar-refractivity contribution >= 4 is 23.6 Å². The zero-order valence-electron chi connectivity index (χ0n) is 15.8. The second-order valence-electron chi connectivity index (χ2n) is 5.69. The van der Waals surface area contributed by atoms with E-state index >= 15 is 0 Å². The van der Waals surface area contributed by atoms with Gasteiger partial charge in [-0.05, 0) is 24.3 Å². The Balaban J connectivity index is 2.09. The molecule has 150 valence electrons. The molecule has 29 heavy (non-hydrogen) atoms. The highest BCUT2D eigenvalue weighted by atomic mass is 16.6. The zero-order valence-corrected chi connectivity index (χ0v) is 15.8. The lowest BCUT2D eigenvalue weighted by atomic mass is 10.1. The van der Waals surface area contributed by atoms with E-state index in [0.29, 0.717) is 11.5 Å². The van der Waals surface area contributed by atoms with E-state index in [0.717, 1.165) is 13.2 Å². The molecule has 0 spiro atoms. The minimum atomic E-state index is -0.829. The van der Waals surface area contributed by atoms with Crippen molar-refractivity contribution < 1.29 is 38.1 Å². The van der Waals surface area contributed by atoms with Crippen molar-refractivity contribution in [2.45, 2.75) is 0 Å². The van der Waals surface area contributed by atoms with E-state index in [4.69, 9.17) is 14.2 Å². The largest absolute Gasteiger partial charge is 0.466 e. The molecule has 0 saturated heterocycles. The van der Waals surface area contributed by atoms with Crippen molar-refractivity contribution in [1.82, 2.24) is 0 Å². The second kappa shape index (κ2) is 8.34. The van der Waals surface area contributed by atoms with E-state index in [2.05, 4.69) is 14.8 Å². The Labute approximate surface area is 165 Å². The zero-order chi connectivity index (χ0) is 21.0. The second-order valence-corrected chi connectivity index (χ2v) is 5.69. The first-order chi connectivity index (χ1) is 14.0. The van der Waals surface area contributed by atoms with Crippen molar-refractivity contribution in [3.8, 4) is 23.0 Å². The summed E-state index contributed by atoms with van der Waals surface area (Å²) in [6, 6.07) is 9.78. The molecule has 0 unspecified atom stereocenters. The number of carbonyl (C=O) groups is 3. The molecule has 0 fully saturated rings. The molecular formula is C20H17NO8. The number of rotatable bonds is 5. The van der Waals surface area contributed by atoms with E-state index in [-0.39, 0.29) is 28.4 Å². The molecular weight excluding hydrogens is 382 g/mol. The van der Waals surface area contributed by atoms with E-state index in [1.54, 1.807) is 24.3 Å². The Morgan fingerprint density at radius 1 is 0.897 bits per heavy atom. The Morgan fingerprint density at radius 2 is 1.59 bits per heavy atom. The number of para-hydroxylation sites is 2. The highest BCUT2D eigenvalue weighted by molar-refractivity contribution is 6.00. The number of nitrogens with one attached hydrogen (secondary N) is 1. The molecule has 0 atom stereocenters. The number of hydrogen-bond acceptors (Lipinski definition) is 9. The molecule has 2 aromatic rings. The van der Waals surface area contributed by atoms with E-state index in [9.17, 15) is 14.4 Å². The molecule has 9 nitrogen and oxygen atoms in total. The van der Waals surface area contributed by atoms with Crippen molar-refractivity contribution in [2.24, 2.45) is 0 Å². The van der Waals surface area contributed by atoms with Gasteiger partial charge in [-0.1, -0.05) is 12.1 Å². The molecule has 0 bridgehead atoms. The number of fused-ring (bicyclic) bond motifs is 2. The van der Waals surface area contributed by atoms with Crippen LogP contribution in [0.15, 0.2) is 48.2 Å². The van der Waals surface area contributed by atoms with Gasteiger partial charge in [0.25, 0.3) is 0 Å². The Bertz CT molecular complexity index is 1010. The van der Waals surface area contributed by atoms with Gasteiger partial charge in [0, 0.05) is 0 Å². The fraction of sp³-hybridized carbons (Fsp3) is 0.150. The predicted molar refractivity (Wildman–Crippen MR) is 100 cm³/mol. The number of benzene rings is 2. The number of ether oxygens (including phenoxy) is 5. The van der Waals surface area contributed by atoms with Gasteiger partial charge in [0.15, 0.2) is 23.0 Å². The summed E-state index contributed by atoms with van der Waals surface area (Å²) >= 11 is 0. The Kier molecular flexibility index (Phi) is 5.68. The van der Waals surface area contributed by atoms with Crippen LogP contribution < -0.4 is 14.8 Å². The highest BCUT2D eigenvalue weighted by Crippen LogP contribution is 2.49. The standard InChI is InChI=1S/C20H17NO8/c1-25-17(22)10-13(20(24)27-3)21-12-8-11(19(23)26-2)9-16-18(12)29-15-7-5-4-6-14(15)28-16/h4-10,21H,1-3H3/b13-10+. The molecule has 1 N–H and O–H groups in total. The first-order valence-corrected chi connectivity index (χ1v) is 8.33. The van der Waals surface area contributed by atoms with Gasteiger partial charge in [-0.25, -0.2) is 14.4 Å². The molecule has 9 heteroatoms. The molecule has 0 radical (unpaired) electrons. The quantitative estimate of drug-likeness (QED) is 0.393. The molecule has 0 amide bonds. The van der Waals surface area contributed by atoms with Gasteiger partial charge in [-0.15, -0.1) is 0 Å². The average Bonchev–Trinajstić information content (AvgIpc) is 2.75. The summed E-state index contributed by atoms with van der Waals surface area (Å²) in [7, 11) is 3.56. The Morgan fingerprint density at radius 3 is 2.21 bits per heavy atom. The number of hydrogen-bond donors (Lipinski definition) is 1. The van der Waals surface area contributed by atoms with E-state index in [1.165, 1.54) is 26.4 Å². The van der Waals surface area contributed by atoms with E-state index in [1.807, 2.05) is 0 Å². The van der Waals surface area contributed by atoms with Crippen LogP contribution in [0.3, 0.4) is 0 Å². The first-order valence-electron chi connectivity index (χ1n) is 8.33. The third-order valence-corrected chi connectivity index (χ3v) is 3.90. The third-order valence-electron chi connectivity index (χ3n) is 3.90. The first kappa shape index (κ1) is 19.7. The van der Waals surface area contributed by atoms with Gasteiger partial charge in [-0.3, -0.25) is 0 Å². The average molecular weight is 399 g/mol. The van der Waals surface area contributed by atoms with Gasteiger partial charge in [-0.2, -0.15) is 0 Å². The lowest BCUT2D eigenvalue weighted by Crippen LogP contribution is -2.17. The summed E-state index contributed by atoms with van der Waals surface area (Å²) in [5, 5.41) is 2.75. The number of carbonyl (C=O) groups excluding carboxylic acids is 3. The molecule has 1 aliphatic rings. The number of methoxy groups -OCH3 is 3. The maximum absolute atomic E-state index is 12.1. The van der Waals surface area contributed by atoms with Crippen LogP contribution in [0.1, 0.15) is 10.4 Å². The summed E-state index contributed by atoms with van der Waals surface area (Å²) in [6.07, 6.45) is 0.917. The normalized spacial score (nSPS) is 11.8. The molecule has 1 heterocycles. The lowest BCUT2D eigenvalue weighted by molar-refractivity contribution is -0.138. The SMILES string of the molecule is COC(=O)/C=C(/Nc1cc(C(=O)OC)cc2c1Oc1ccccc1O2)C(=O)OC. The van der Waals surface area contributed by atoms with E-state index < -0.39 is 17.9 Å². The van der Waals surface area contributed by atoms with Crippen LogP contribution in [0.25, 0.3) is 0 Å². The van der Waals surface area contributed by atoms with Gasteiger partial charge in [0.2, 0.25) is 0 Å². The maximum Gasteiger partial charge on any atom is 0.354 e. The van der Waals surface area contributed by atoms with Crippen molar-refractivity contribution in [1.29, 1.82) is 0 Å². The monoisotopic (exact) mass is 399 g/mol. The van der Waals surface area contributed by atoms with Crippen molar-refractivity contribution in [2.75, 3.05) is 26.6 Å². The molecule has 3 rings (SSSR count). The van der Waals surface area contributed by atoms with Crippen molar-refractivity contribution in [3.63, 3.8) is 0 Å². The molecule has 2 aromatic carbocycles. The molecule has 1 aliphatic heterocycles. The molecule has 0 saturated carbocycles. The van der Waals surface area contributed by atoms with Crippen LogP contribution in [-0.2, 0) is 23.8 Å². The predicted octanol–water partition coefficient (Wildman–Crippen LogP) is 3.01. The van der Waals surface area contributed by atoms with Gasteiger partial charge in [0.05, 0.1) is 38.7 Å². The van der Waals surface area contributed by atoms with Crippen LogP contribution in [0, 0.1) is 0 Å². The van der Waals surface area contributed by atoms with Crippen molar-refractivity contribution in [3.05, 3.63) is 53.7 Å². The van der Waals surface area contributed by atoms with Crippen LogP contribution in [0.5, 0.6) is 23.0 Å². The summed E-state index contributed by atoms with van der Waals surface area (Å²) in [4.78, 5) is 35.8. The summed E-state index contributed by atoms with van der Waals surface area (Å²) in [5.74, 6) is -0.929. The minimum absolute atomic E-state index is 0.138. The minimum Gasteiger partial charge on any atom is -0.466 e.